The average molecular weight is 382 g/mol. The van der Waals surface area contributed by atoms with Crippen LogP contribution >= 0.6 is 0 Å². The molecule has 0 bridgehead atoms. The fourth-order valence-electron chi connectivity index (χ4n) is 3.99. The van der Waals surface area contributed by atoms with Crippen LogP contribution in [0.5, 0.6) is 0 Å². The highest BCUT2D eigenvalue weighted by atomic mass is 16.6. The molecule has 3 heterocycles. The average Bonchev–Trinajstić information content (AvgIpc) is 3.24. The van der Waals surface area contributed by atoms with Crippen LogP contribution in [0.4, 0.5) is 4.79 Å². The first-order chi connectivity index (χ1) is 13.5. The Labute approximate surface area is 164 Å². The summed E-state index contributed by atoms with van der Waals surface area (Å²) in [5.74, 6) is 0.0585. The van der Waals surface area contributed by atoms with E-state index >= 15 is 0 Å². The number of carbonyl (C=O) groups is 2. The molecule has 1 aromatic heterocycles. The molecule has 0 N–H and O–H groups in total. The molecule has 2 aliphatic heterocycles. The predicted molar refractivity (Wildman–Crippen MR) is 104 cm³/mol. The largest absolute Gasteiger partial charge is 0.441 e. The molecule has 1 aromatic carbocycles. The quantitative estimate of drug-likeness (QED) is 0.795. The number of amides is 2. The Morgan fingerprint density at radius 1 is 1.21 bits per heavy atom. The van der Waals surface area contributed by atoms with Crippen LogP contribution in [0.25, 0.3) is 0 Å². The summed E-state index contributed by atoms with van der Waals surface area (Å²) in [6.45, 7) is 4.70. The Balaban J connectivity index is 1.29. The third-order valence-corrected chi connectivity index (χ3v) is 5.64. The topological polar surface area (TPSA) is 67.7 Å². The van der Waals surface area contributed by atoms with E-state index in [2.05, 4.69) is 17.2 Å². The van der Waals surface area contributed by atoms with Crippen LogP contribution in [-0.2, 0) is 22.5 Å². The van der Waals surface area contributed by atoms with Crippen LogP contribution in [0.15, 0.2) is 42.7 Å². The van der Waals surface area contributed by atoms with E-state index in [1.54, 1.807) is 15.8 Å². The zero-order valence-corrected chi connectivity index (χ0v) is 16.2. The summed E-state index contributed by atoms with van der Waals surface area (Å²) in [4.78, 5) is 28.5. The molecule has 2 fully saturated rings. The smallest absolute Gasteiger partial charge is 0.410 e. The highest BCUT2D eigenvalue weighted by molar-refractivity contribution is 5.76. The Morgan fingerprint density at radius 2 is 1.96 bits per heavy atom. The number of carbonyl (C=O) groups excluding carboxylic acids is 2. The second kappa shape index (κ2) is 7.66. The molecule has 0 atom stereocenters. The molecular weight excluding hydrogens is 356 g/mol. The van der Waals surface area contributed by atoms with Gasteiger partial charge in [-0.15, -0.1) is 0 Å². The van der Waals surface area contributed by atoms with Crippen molar-refractivity contribution in [3.05, 3.63) is 53.9 Å². The molecule has 2 saturated heterocycles. The molecule has 2 amide bonds. The normalized spacial score (nSPS) is 18.5. The molecule has 0 radical (unpaired) electrons. The van der Waals surface area contributed by atoms with Gasteiger partial charge >= 0.3 is 6.09 Å². The van der Waals surface area contributed by atoms with E-state index < -0.39 is 5.60 Å². The van der Waals surface area contributed by atoms with Gasteiger partial charge in [0, 0.05) is 38.7 Å². The van der Waals surface area contributed by atoms with Crippen LogP contribution in [0.1, 0.15) is 24.0 Å². The number of aromatic nitrogens is 2. The van der Waals surface area contributed by atoms with E-state index in [9.17, 15) is 9.59 Å². The number of piperidine rings is 1. The monoisotopic (exact) mass is 382 g/mol. The molecule has 4 rings (SSSR count). The van der Waals surface area contributed by atoms with Crippen LogP contribution < -0.4 is 0 Å². The van der Waals surface area contributed by atoms with Crippen LogP contribution in [0, 0.1) is 6.92 Å². The third kappa shape index (κ3) is 4.03. The number of likely N-dealkylation sites (tertiary alicyclic amines) is 1. The van der Waals surface area contributed by atoms with Gasteiger partial charge in [0.1, 0.15) is 12.1 Å². The van der Waals surface area contributed by atoms with Gasteiger partial charge in [-0.25, -0.2) is 4.79 Å². The first kappa shape index (κ1) is 18.5. The standard InChI is InChI=1S/C21H26N4O3/c1-17-13-22-25(14-17)15-19(26)23-11-8-21(9-12-23)16-24(20(27)28-21)10-7-18-5-3-2-4-6-18/h2-6,13-14H,7-12,15-16H2,1H3. The van der Waals surface area contributed by atoms with Crippen molar-refractivity contribution < 1.29 is 14.3 Å². The lowest BCUT2D eigenvalue weighted by atomic mass is 9.91. The van der Waals surface area contributed by atoms with E-state index in [0.717, 1.165) is 12.0 Å². The molecule has 0 unspecified atom stereocenters. The lowest BCUT2D eigenvalue weighted by molar-refractivity contribution is -0.135. The molecule has 1 spiro atoms. The minimum Gasteiger partial charge on any atom is -0.441 e. The van der Waals surface area contributed by atoms with E-state index in [4.69, 9.17) is 4.74 Å². The third-order valence-electron chi connectivity index (χ3n) is 5.64. The van der Waals surface area contributed by atoms with E-state index in [-0.39, 0.29) is 18.5 Å². The Bertz CT molecular complexity index is 840. The fraction of sp³-hybridized carbons (Fsp3) is 0.476. The van der Waals surface area contributed by atoms with Crippen molar-refractivity contribution in [1.29, 1.82) is 0 Å². The second-order valence-electron chi connectivity index (χ2n) is 7.80. The van der Waals surface area contributed by atoms with Crippen molar-refractivity contribution in [1.82, 2.24) is 19.6 Å². The minimum absolute atomic E-state index is 0.0585. The Morgan fingerprint density at radius 3 is 2.64 bits per heavy atom. The summed E-state index contributed by atoms with van der Waals surface area (Å²) in [5.41, 5.74) is 1.80. The molecule has 0 saturated carbocycles. The summed E-state index contributed by atoms with van der Waals surface area (Å²) in [7, 11) is 0. The van der Waals surface area contributed by atoms with Crippen molar-refractivity contribution in [2.45, 2.75) is 38.3 Å². The van der Waals surface area contributed by atoms with Gasteiger partial charge in [-0.2, -0.15) is 5.10 Å². The lowest BCUT2D eigenvalue weighted by Crippen LogP contribution is -2.49. The summed E-state index contributed by atoms with van der Waals surface area (Å²) in [5, 5.41) is 4.18. The maximum absolute atomic E-state index is 12.5. The number of ether oxygens (including phenoxy) is 1. The molecule has 7 nitrogen and oxygen atoms in total. The first-order valence-corrected chi connectivity index (χ1v) is 9.82. The summed E-state index contributed by atoms with van der Waals surface area (Å²) < 4.78 is 7.44. The van der Waals surface area contributed by atoms with Crippen LogP contribution in [0.3, 0.4) is 0 Å². The number of benzene rings is 1. The van der Waals surface area contributed by atoms with E-state index in [1.807, 2.05) is 36.2 Å². The van der Waals surface area contributed by atoms with Gasteiger partial charge < -0.3 is 14.5 Å². The maximum atomic E-state index is 12.5. The second-order valence-corrected chi connectivity index (χ2v) is 7.80. The Kier molecular flexibility index (Phi) is 5.07. The number of nitrogens with zero attached hydrogens (tertiary/aromatic N) is 4. The van der Waals surface area contributed by atoms with Crippen molar-refractivity contribution in [2.24, 2.45) is 0 Å². The van der Waals surface area contributed by atoms with Gasteiger partial charge in [-0.05, 0) is 24.5 Å². The number of rotatable bonds is 5. The van der Waals surface area contributed by atoms with Crippen molar-refractivity contribution in [2.75, 3.05) is 26.2 Å². The van der Waals surface area contributed by atoms with Gasteiger partial charge in [0.05, 0.1) is 12.7 Å². The van der Waals surface area contributed by atoms with Gasteiger partial charge in [-0.1, -0.05) is 30.3 Å². The van der Waals surface area contributed by atoms with Gasteiger partial charge in [0.2, 0.25) is 5.91 Å². The molecule has 0 aliphatic carbocycles. The summed E-state index contributed by atoms with van der Waals surface area (Å²) in [6, 6.07) is 10.2. The molecule has 2 aliphatic rings. The van der Waals surface area contributed by atoms with Crippen molar-refractivity contribution in [3.63, 3.8) is 0 Å². The van der Waals surface area contributed by atoms with E-state index in [0.29, 0.717) is 39.0 Å². The van der Waals surface area contributed by atoms with Crippen LogP contribution in [0.2, 0.25) is 0 Å². The van der Waals surface area contributed by atoms with E-state index in [1.165, 1.54) is 5.56 Å². The highest BCUT2D eigenvalue weighted by Crippen LogP contribution is 2.33. The number of hydrogen-bond donors (Lipinski definition) is 0. The predicted octanol–water partition coefficient (Wildman–Crippen LogP) is 2.25. The number of hydrogen-bond acceptors (Lipinski definition) is 4. The zero-order chi connectivity index (χ0) is 19.6. The zero-order valence-electron chi connectivity index (χ0n) is 16.2. The maximum Gasteiger partial charge on any atom is 0.410 e. The minimum atomic E-state index is -0.452. The molecule has 28 heavy (non-hydrogen) atoms. The SMILES string of the molecule is Cc1cnn(CC(=O)N2CCC3(CC2)CN(CCc2ccccc2)C(=O)O3)c1. The summed E-state index contributed by atoms with van der Waals surface area (Å²) in [6.07, 6.45) is 5.57. The van der Waals surface area contributed by atoms with Gasteiger partial charge in [0.15, 0.2) is 0 Å². The molecular formula is C21H26N4O3. The van der Waals surface area contributed by atoms with Crippen molar-refractivity contribution >= 4 is 12.0 Å². The van der Waals surface area contributed by atoms with Crippen LogP contribution in [-0.4, -0.2) is 63.4 Å². The summed E-state index contributed by atoms with van der Waals surface area (Å²) >= 11 is 0. The first-order valence-electron chi connectivity index (χ1n) is 9.82. The number of aryl methyl sites for hydroxylation is 1. The molecule has 2 aromatic rings. The van der Waals surface area contributed by atoms with Crippen molar-refractivity contribution in [3.8, 4) is 0 Å². The highest BCUT2D eigenvalue weighted by Gasteiger charge is 2.47. The van der Waals surface area contributed by atoms with Gasteiger partial charge in [-0.3, -0.25) is 9.48 Å². The Hall–Kier alpha value is -2.83. The molecule has 7 heteroatoms. The fourth-order valence-corrected chi connectivity index (χ4v) is 3.99. The lowest BCUT2D eigenvalue weighted by Gasteiger charge is -2.37. The van der Waals surface area contributed by atoms with Gasteiger partial charge in [0.25, 0.3) is 0 Å². The molecule has 148 valence electrons.